The number of hydrogen-bond donors (Lipinski definition) is 0. The molecule has 6 heteroatoms. The molecule has 0 aromatic heterocycles. The second-order valence-corrected chi connectivity index (χ2v) is 4.46. The fourth-order valence-electron chi connectivity index (χ4n) is 1.81. The van der Waals surface area contributed by atoms with Gasteiger partial charge in [0, 0.05) is 13.1 Å². The molecule has 0 aliphatic carbocycles. The number of nitrogens with zero attached hydrogens (tertiary/aromatic N) is 1. The molecule has 0 unspecified atom stereocenters. The Morgan fingerprint density at radius 1 is 1.33 bits per heavy atom. The molecule has 3 nitrogen and oxygen atoms in total. The van der Waals surface area contributed by atoms with E-state index < -0.39 is 11.7 Å². The molecule has 0 saturated heterocycles. The Bertz CT molecular complexity index is 469. The van der Waals surface area contributed by atoms with E-state index in [0.717, 1.165) is 12.1 Å². The lowest BCUT2D eigenvalue weighted by Gasteiger charge is -2.19. The number of esters is 1. The maximum atomic E-state index is 12.5. The van der Waals surface area contributed by atoms with Gasteiger partial charge in [-0.3, -0.25) is 9.69 Å². The summed E-state index contributed by atoms with van der Waals surface area (Å²) in [5.74, 6) is -0.369. The first-order valence-corrected chi connectivity index (χ1v) is 6.51. The maximum Gasteiger partial charge on any atom is 0.416 e. The highest BCUT2D eigenvalue weighted by Gasteiger charge is 2.29. The van der Waals surface area contributed by atoms with Gasteiger partial charge < -0.3 is 4.74 Å². The van der Waals surface area contributed by atoms with E-state index in [0.29, 0.717) is 25.3 Å². The fourth-order valence-corrected chi connectivity index (χ4v) is 1.81. The highest BCUT2D eigenvalue weighted by Crippen LogP contribution is 2.29. The molecule has 0 atom stereocenters. The Morgan fingerprint density at radius 3 is 2.43 bits per heavy atom. The van der Waals surface area contributed by atoms with Crippen molar-refractivity contribution in [1.82, 2.24) is 4.90 Å². The van der Waals surface area contributed by atoms with Crippen LogP contribution in [0.4, 0.5) is 13.2 Å². The van der Waals surface area contributed by atoms with Gasteiger partial charge in [0.2, 0.25) is 0 Å². The Morgan fingerprint density at radius 2 is 1.95 bits per heavy atom. The number of rotatable bonds is 7. The lowest BCUT2D eigenvalue weighted by atomic mass is 10.1. The van der Waals surface area contributed by atoms with Gasteiger partial charge in [-0.15, -0.1) is 6.58 Å². The van der Waals surface area contributed by atoms with E-state index in [9.17, 15) is 18.0 Å². The number of carbonyl (C=O) groups is 1. The molecular formula is C15H18F3NO2. The third-order valence-electron chi connectivity index (χ3n) is 2.73. The largest absolute Gasteiger partial charge is 0.465 e. The summed E-state index contributed by atoms with van der Waals surface area (Å²) in [4.78, 5) is 13.2. The second-order valence-electron chi connectivity index (χ2n) is 4.46. The SMILES string of the molecule is C=CCN(CC(=O)OCC)Cc1ccc(C(F)(F)F)cc1. The van der Waals surface area contributed by atoms with Crippen LogP contribution in [0.5, 0.6) is 0 Å². The van der Waals surface area contributed by atoms with Crippen LogP contribution < -0.4 is 0 Å². The average molecular weight is 301 g/mol. The smallest absolute Gasteiger partial charge is 0.416 e. The Hall–Kier alpha value is -1.82. The quantitative estimate of drug-likeness (QED) is 0.572. The average Bonchev–Trinajstić information content (AvgIpc) is 2.38. The van der Waals surface area contributed by atoms with Gasteiger partial charge in [0.25, 0.3) is 0 Å². The van der Waals surface area contributed by atoms with Crippen molar-refractivity contribution in [3.63, 3.8) is 0 Å². The van der Waals surface area contributed by atoms with Gasteiger partial charge in [-0.05, 0) is 24.6 Å². The molecule has 21 heavy (non-hydrogen) atoms. The lowest BCUT2D eigenvalue weighted by molar-refractivity contribution is -0.144. The van der Waals surface area contributed by atoms with Crippen molar-refractivity contribution in [1.29, 1.82) is 0 Å². The van der Waals surface area contributed by atoms with E-state index >= 15 is 0 Å². The Kier molecular flexibility index (Phi) is 6.42. The van der Waals surface area contributed by atoms with Crippen LogP contribution in [-0.4, -0.2) is 30.6 Å². The lowest BCUT2D eigenvalue weighted by Crippen LogP contribution is -2.30. The summed E-state index contributed by atoms with van der Waals surface area (Å²) in [6.45, 7) is 6.47. The summed E-state index contributed by atoms with van der Waals surface area (Å²) < 4.78 is 42.3. The van der Waals surface area contributed by atoms with Crippen LogP contribution in [0.3, 0.4) is 0 Å². The summed E-state index contributed by atoms with van der Waals surface area (Å²) in [6.07, 6.45) is -2.71. The third-order valence-corrected chi connectivity index (χ3v) is 2.73. The molecule has 0 N–H and O–H groups in total. The van der Waals surface area contributed by atoms with E-state index in [1.165, 1.54) is 12.1 Å². The molecule has 116 valence electrons. The van der Waals surface area contributed by atoms with Gasteiger partial charge in [-0.2, -0.15) is 13.2 Å². The molecule has 0 amide bonds. The monoisotopic (exact) mass is 301 g/mol. The highest BCUT2D eigenvalue weighted by atomic mass is 19.4. The number of alkyl halides is 3. The molecule has 1 aromatic carbocycles. The number of hydrogen-bond acceptors (Lipinski definition) is 3. The van der Waals surface area contributed by atoms with E-state index in [1.807, 2.05) is 0 Å². The van der Waals surface area contributed by atoms with Crippen LogP contribution in [0.2, 0.25) is 0 Å². The minimum Gasteiger partial charge on any atom is -0.465 e. The van der Waals surface area contributed by atoms with Crippen LogP contribution in [-0.2, 0) is 22.3 Å². The van der Waals surface area contributed by atoms with Gasteiger partial charge in [-0.25, -0.2) is 0 Å². The van der Waals surface area contributed by atoms with Gasteiger partial charge in [-0.1, -0.05) is 18.2 Å². The predicted octanol–water partition coefficient (Wildman–Crippen LogP) is 3.26. The molecule has 0 aliphatic heterocycles. The van der Waals surface area contributed by atoms with Gasteiger partial charge in [0.05, 0.1) is 18.7 Å². The predicted molar refractivity (Wildman–Crippen MR) is 73.6 cm³/mol. The molecule has 0 aliphatic rings. The van der Waals surface area contributed by atoms with Crippen LogP contribution >= 0.6 is 0 Å². The zero-order chi connectivity index (χ0) is 15.9. The zero-order valence-corrected chi connectivity index (χ0v) is 11.8. The van der Waals surface area contributed by atoms with Crippen molar-refractivity contribution < 1.29 is 22.7 Å². The van der Waals surface area contributed by atoms with Crippen LogP contribution in [0.1, 0.15) is 18.1 Å². The third kappa shape index (κ3) is 5.99. The molecule has 1 rings (SSSR count). The van der Waals surface area contributed by atoms with Crippen molar-refractivity contribution in [3.05, 3.63) is 48.0 Å². The van der Waals surface area contributed by atoms with Crippen molar-refractivity contribution >= 4 is 5.97 Å². The summed E-state index contributed by atoms with van der Waals surface area (Å²) in [6, 6.07) is 4.88. The number of carbonyl (C=O) groups excluding carboxylic acids is 1. The van der Waals surface area contributed by atoms with Gasteiger partial charge in [0.15, 0.2) is 0 Å². The molecule has 0 spiro atoms. The summed E-state index contributed by atoms with van der Waals surface area (Å²) in [5.41, 5.74) is 0.000983. The first-order valence-electron chi connectivity index (χ1n) is 6.51. The van der Waals surface area contributed by atoms with E-state index in [1.54, 1.807) is 17.9 Å². The van der Waals surface area contributed by atoms with E-state index in [4.69, 9.17) is 4.74 Å². The van der Waals surface area contributed by atoms with Gasteiger partial charge in [0.1, 0.15) is 0 Å². The fraction of sp³-hybridized carbons (Fsp3) is 0.400. The number of benzene rings is 1. The number of halogens is 3. The molecule has 1 aromatic rings. The van der Waals surface area contributed by atoms with Gasteiger partial charge >= 0.3 is 12.1 Å². The normalized spacial score (nSPS) is 11.5. The van der Waals surface area contributed by atoms with Crippen LogP contribution in [0.25, 0.3) is 0 Å². The zero-order valence-electron chi connectivity index (χ0n) is 11.8. The van der Waals surface area contributed by atoms with E-state index in [2.05, 4.69) is 6.58 Å². The Balaban J connectivity index is 2.70. The second kappa shape index (κ2) is 7.83. The first-order chi connectivity index (χ1) is 9.86. The van der Waals surface area contributed by atoms with Crippen molar-refractivity contribution in [2.45, 2.75) is 19.6 Å². The van der Waals surface area contributed by atoms with Crippen LogP contribution in [0, 0.1) is 0 Å². The summed E-state index contributed by atoms with van der Waals surface area (Å²) in [7, 11) is 0. The van der Waals surface area contributed by atoms with Crippen molar-refractivity contribution in [2.24, 2.45) is 0 Å². The van der Waals surface area contributed by atoms with Crippen molar-refractivity contribution in [3.8, 4) is 0 Å². The molecule has 0 bridgehead atoms. The van der Waals surface area contributed by atoms with Crippen LogP contribution in [0.15, 0.2) is 36.9 Å². The molecular weight excluding hydrogens is 283 g/mol. The molecule has 0 radical (unpaired) electrons. The van der Waals surface area contributed by atoms with E-state index in [-0.39, 0.29) is 12.5 Å². The highest BCUT2D eigenvalue weighted by molar-refractivity contribution is 5.71. The maximum absolute atomic E-state index is 12.5. The Labute approximate surface area is 122 Å². The molecule has 0 heterocycles. The topological polar surface area (TPSA) is 29.5 Å². The first kappa shape index (κ1) is 17.2. The molecule has 0 fully saturated rings. The molecule has 0 saturated carbocycles. The summed E-state index contributed by atoms with van der Waals surface area (Å²) >= 11 is 0. The standard InChI is InChI=1S/C15H18F3NO2/c1-3-9-19(11-14(20)21-4-2)10-12-5-7-13(8-6-12)15(16,17)18/h3,5-8H,1,4,9-11H2,2H3. The number of ether oxygens (including phenoxy) is 1. The minimum absolute atomic E-state index is 0.0703. The summed E-state index contributed by atoms with van der Waals surface area (Å²) in [5, 5.41) is 0. The minimum atomic E-state index is -4.34. The van der Waals surface area contributed by atoms with Crippen molar-refractivity contribution in [2.75, 3.05) is 19.7 Å².